The van der Waals surface area contributed by atoms with Crippen LogP contribution >= 0.6 is 0 Å². The Kier molecular flexibility index (Phi) is 5.00. The van der Waals surface area contributed by atoms with Crippen molar-refractivity contribution in [1.29, 1.82) is 0 Å². The van der Waals surface area contributed by atoms with Gasteiger partial charge in [-0.1, -0.05) is 19.1 Å². The molecule has 0 bridgehead atoms. The molecule has 1 amide bonds. The summed E-state index contributed by atoms with van der Waals surface area (Å²) in [5, 5.41) is 0. The van der Waals surface area contributed by atoms with Crippen LogP contribution in [0.2, 0.25) is 0 Å². The van der Waals surface area contributed by atoms with E-state index in [0.29, 0.717) is 5.75 Å². The zero-order valence-electron chi connectivity index (χ0n) is 9.64. The van der Waals surface area contributed by atoms with Crippen molar-refractivity contribution >= 4 is 11.9 Å². The van der Waals surface area contributed by atoms with E-state index in [1.807, 2.05) is 12.1 Å². The second kappa shape index (κ2) is 6.52. The Morgan fingerprint density at radius 1 is 1.18 bits per heavy atom. The smallest absolute Gasteiger partial charge is 0.344 e. The topological polar surface area (TPSA) is 78.6 Å². The number of primary amides is 1. The molecule has 0 radical (unpaired) electrons. The maximum absolute atomic E-state index is 11.1. The Labute approximate surface area is 99.5 Å². The number of hydrogen-bond donors (Lipinski definition) is 1. The van der Waals surface area contributed by atoms with Crippen LogP contribution in [0.4, 0.5) is 0 Å². The molecular formula is C12H15NO4. The quantitative estimate of drug-likeness (QED) is 0.737. The molecule has 1 aromatic carbocycles. The largest absolute Gasteiger partial charge is 0.482 e. The van der Waals surface area contributed by atoms with E-state index < -0.39 is 18.5 Å². The molecule has 0 fully saturated rings. The summed E-state index contributed by atoms with van der Waals surface area (Å²) in [7, 11) is 0. The van der Waals surface area contributed by atoms with Crippen LogP contribution in [0.15, 0.2) is 24.3 Å². The number of carbonyl (C=O) groups excluding carboxylic acids is 2. The van der Waals surface area contributed by atoms with Gasteiger partial charge in [0.25, 0.3) is 5.91 Å². The number of rotatable bonds is 6. The van der Waals surface area contributed by atoms with Gasteiger partial charge in [0.15, 0.2) is 13.2 Å². The lowest BCUT2D eigenvalue weighted by Crippen LogP contribution is -2.23. The number of esters is 1. The molecule has 0 aliphatic heterocycles. The lowest BCUT2D eigenvalue weighted by molar-refractivity contribution is -0.149. The summed E-state index contributed by atoms with van der Waals surface area (Å²) in [5.41, 5.74) is 6.01. The predicted octanol–water partition coefficient (Wildman–Crippen LogP) is 0.656. The van der Waals surface area contributed by atoms with Crippen molar-refractivity contribution in [3.05, 3.63) is 29.8 Å². The highest BCUT2D eigenvalue weighted by Crippen LogP contribution is 2.12. The lowest BCUT2D eigenvalue weighted by atomic mass is 10.2. The Balaban J connectivity index is 2.34. The molecule has 0 atom stereocenters. The molecule has 5 heteroatoms. The first-order chi connectivity index (χ1) is 8.11. The number of ether oxygens (including phenoxy) is 2. The minimum atomic E-state index is -0.689. The van der Waals surface area contributed by atoms with Gasteiger partial charge in [-0.25, -0.2) is 4.79 Å². The lowest BCUT2D eigenvalue weighted by Gasteiger charge is -2.06. The zero-order chi connectivity index (χ0) is 12.7. The van der Waals surface area contributed by atoms with Gasteiger partial charge in [-0.15, -0.1) is 0 Å². The van der Waals surface area contributed by atoms with Crippen molar-refractivity contribution in [2.75, 3.05) is 13.2 Å². The molecule has 0 unspecified atom stereocenters. The SMILES string of the molecule is CCc1ccc(OCC(=O)OCC(N)=O)cc1. The van der Waals surface area contributed by atoms with E-state index >= 15 is 0 Å². The van der Waals surface area contributed by atoms with Gasteiger partial charge in [-0.05, 0) is 24.1 Å². The number of aryl methyl sites for hydroxylation is 1. The molecule has 0 saturated heterocycles. The molecule has 0 aliphatic carbocycles. The van der Waals surface area contributed by atoms with Gasteiger partial charge in [0, 0.05) is 0 Å². The Bertz CT molecular complexity index is 386. The number of carbonyl (C=O) groups is 2. The summed E-state index contributed by atoms with van der Waals surface area (Å²) in [5.74, 6) is -0.729. The van der Waals surface area contributed by atoms with Gasteiger partial charge in [0.05, 0.1) is 0 Å². The van der Waals surface area contributed by atoms with Crippen molar-refractivity contribution in [3.63, 3.8) is 0 Å². The second-order valence-corrected chi connectivity index (χ2v) is 3.41. The molecule has 0 aromatic heterocycles. The second-order valence-electron chi connectivity index (χ2n) is 3.41. The third-order valence-electron chi connectivity index (χ3n) is 2.06. The van der Waals surface area contributed by atoms with Gasteiger partial charge >= 0.3 is 5.97 Å². The fourth-order valence-electron chi connectivity index (χ4n) is 1.16. The van der Waals surface area contributed by atoms with Crippen molar-refractivity contribution < 1.29 is 19.1 Å². The van der Waals surface area contributed by atoms with E-state index in [2.05, 4.69) is 11.7 Å². The van der Waals surface area contributed by atoms with Crippen LogP contribution in [-0.4, -0.2) is 25.1 Å². The normalized spacial score (nSPS) is 9.71. The number of hydrogen-bond acceptors (Lipinski definition) is 4. The van der Waals surface area contributed by atoms with Crippen LogP contribution in [0.1, 0.15) is 12.5 Å². The van der Waals surface area contributed by atoms with Crippen molar-refractivity contribution in [2.24, 2.45) is 5.73 Å². The van der Waals surface area contributed by atoms with Crippen LogP contribution < -0.4 is 10.5 Å². The maximum atomic E-state index is 11.1. The van der Waals surface area contributed by atoms with Gasteiger partial charge in [0.1, 0.15) is 5.75 Å². The summed E-state index contributed by atoms with van der Waals surface area (Å²) in [6.07, 6.45) is 0.945. The van der Waals surface area contributed by atoms with Crippen molar-refractivity contribution in [2.45, 2.75) is 13.3 Å². The molecule has 1 rings (SSSR count). The molecule has 5 nitrogen and oxygen atoms in total. The highest BCUT2D eigenvalue weighted by molar-refractivity contribution is 5.79. The van der Waals surface area contributed by atoms with Crippen LogP contribution in [-0.2, 0) is 20.7 Å². The summed E-state index contributed by atoms with van der Waals surface area (Å²) in [6.45, 7) is 1.40. The third-order valence-corrected chi connectivity index (χ3v) is 2.06. The van der Waals surface area contributed by atoms with Gasteiger partial charge in [-0.2, -0.15) is 0 Å². The first kappa shape index (κ1) is 13.0. The zero-order valence-corrected chi connectivity index (χ0v) is 9.64. The standard InChI is InChI=1S/C12H15NO4/c1-2-9-3-5-10(6-4-9)16-8-12(15)17-7-11(13)14/h3-6H,2,7-8H2,1H3,(H2,13,14). The molecule has 17 heavy (non-hydrogen) atoms. The highest BCUT2D eigenvalue weighted by atomic mass is 16.6. The number of benzene rings is 1. The Morgan fingerprint density at radius 2 is 1.82 bits per heavy atom. The first-order valence-corrected chi connectivity index (χ1v) is 5.27. The van der Waals surface area contributed by atoms with E-state index in [1.54, 1.807) is 12.1 Å². The van der Waals surface area contributed by atoms with Crippen LogP contribution in [0.5, 0.6) is 5.75 Å². The van der Waals surface area contributed by atoms with E-state index in [-0.39, 0.29) is 6.61 Å². The minimum Gasteiger partial charge on any atom is -0.482 e. The van der Waals surface area contributed by atoms with Gasteiger partial charge < -0.3 is 15.2 Å². The average molecular weight is 237 g/mol. The predicted molar refractivity (Wildman–Crippen MR) is 61.5 cm³/mol. The monoisotopic (exact) mass is 237 g/mol. The van der Waals surface area contributed by atoms with E-state index in [4.69, 9.17) is 10.5 Å². The highest BCUT2D eigenvalue weighted by Gasteiger charge is 2.05. The molecule has 0 heterocycles. The van der Waals surface area contributed by atoms with Crippen LogP contribution in [0, 0.1) is 0 Å². The molecule has 0 aliphatic rings. The maximum Gasteiger partial charge on any atom is 0.344 e. The summed E-state index contributed by atoms with van der Waals surface area (Å²) in [6, 6.07) is 7.40. The Morgan fingerprint density at radius 3 is 2.35 bits per heavy atom. The summed E-state index contributed by atoms with van der Waals surface area (Å²) < 4.78 is 9.70. The van der Waals surface area contributed by atoms with Crippen molar-refractivity contribution in [3.8, 4) is 5.75 Å². The average Bonchev–Trinajstić information content (AvgIpc) is 2.34. The molecule has 2 N–H and O–H groups in total. The van der Waals surface area contributed by atoms with Crippen LogP contribution in [0.3, 0.4) is 0 Å². The third kappa shape index (κ3) is 5.01. The van der Waals surface area contributed by atoms with Gasteiger partial charge in [-0.3, -0.25) is 4.79 Å². The van der Waals surface area contributed by atoms with Gasteiger partial charge in [0.2, 0.25) is 0 Å². The first-order valence-electron chi connectivity index (χ1n) is 5.27. The fraction of sp³-hybridized carbons (Fsp3) is 0.333. The molecule has 0 spiro atoms. The molecule has 92 valence electrons. The summed E-state index contributed by atoms with van der Waals surface area (Å²) in [4.78, 5) is 21.4. The van der Waals surface area contributed by atoms with E-state index in [1.165, 1.54) is 5.56 Å². The van der Waals surface area contributed by atoms with Crippen molar-refractivity contribution in [1.82, 2.24) is 0 Å². The minimum absolute atomic E-state index is 0.237. The number of amides is 1. The van der Waals surface area contributed by atoms with E-state index in [0.717, 1.165) is 6.42 Å². The number of nitrogens with two attached hydrogens (primary N) is 1. The fourth-order valence-corrected chi connectivity index (χ4v) is 1.16. The van der Waals surface area contributed by atoms with Crippen LogP contribution in [0.25, 0.3) is 0 Å². The molecule has 0 saturated carbocycles. The van der Waals surface area contributed by atoms with E-state index in [9.17, 15) is 9.59 Å². The Hall–Kier alpha value is -2.04. The summed E-state index contributed by atoms with van der Waals surface area (Å²) >= 11 is 0. The molecule has 1 aromatic rings. The molecular weight excluding hydrogens is 222 g/mol.